The number of benzene rings is 2. The first-order chi connectivity index (χ1) is 21.1. The summed E-state index contributed by atoms with van der Waals surface area (Å²) in [6.07, 6.45) is 4.87. The van der Waals surface area contributed by atoms with E-state index in [0.29, 0.717) is 49.2 Å². The molecular formula is C33H40N8O3. The van der Waals surface area contributed by atoms with Gasteiger partial charge >= 0.3 is 0 Å². The fourth-order valence-corrected chi connectivity index (χ4v) is 6.71. The topological polar surface area (TPSA) is 138 Å². The lowest BCUT2D eigenvalue weighted by Gasteiger charge is -2.37. The van der Waals surface area contributed by atoms with Crippen LogP contribution in [0.15, 0.2) is 42.7 Å². The van der Waals surface area contributed by atoms with Crippen molar-refractivity contribution in [3.8, 4) is 6.07 Å². The molecule has 1 aliphatic carbocycles. The average Bonchev–Trinajstić information content (AvgIpc) is 3.71. The van der Waals surface area contributed by atoms with E-state index in [1.54, 1.807) is 42.9 Å². The number of nitriles is 1. The molecule has 1 saturated heterocycles. The Morgan fingerprint density at radius 2 is 1.64 bits per heavy atom. The Hall–Kier alpha value is -4.56. The minimum absolute atomic E-state index is 0.0789. The average molecular weight is 597 g/mol. The van der Waals surface area contributed by atoms with E-state index >= 15 is 0 Å². The number of H-pyrrole nitrogens is 1. The van der Waals surface area contributed by atoms with Crippen molar-refractivity contribution in [2.45, 2.75) is 56.5 Å². The molecule has 1 aliphatic heterocycles. The number of amides is 3. The van der Waals surface area contributed by atoms with E-state index in [1.807, 2.05) is 43.3 Å². The van der Waals surface area contributed by atoms with Gasteiger partial charge in [0, 0.05) is 51.9 Å². The van der Waals surface area contributed by atoms with Crippen LogP contribution in [0.5, 0.6) is 0 Å². The summed E-state index contributed by atoms with van der Waals surface area (Å²) in [6.45, 7) is 2.74. The van der Waals surface area contributed by atoms with Gasteiger partial charge < -0.3 is 20.0 Å². The van der Waals surface area contributed by atoms with Gasteiger partial charge in [0.25, 0.3) is 11.8 Å². The number of fused-ring (bicyclic) bond motifs is 2. The molecule has 0 spiro atoms. The first kappa shape index (κ1) is 30.9. The number of nitrogens with one attached hydrogen (secondary N) is 2. The highest BCUT2D eigenvalue weighted by atomic mass is 16.2. The van der Waals surface area contributed by atoms with Crippen molar-refractivity contribution in [2.24, 2.45) is 0 Å². The van der Waals surface area contributed by atoms with Crippen molar-refractivity contribution in [3.05, 3.63) is 81.9 Å². The standard InChI is InChI=1S/C33H40N8O3/c1-21(35-19-29(42)41-14-6-7-26(41)18-34)17-33(32-36-20-37-38-32)27-12-10-24(30(43)39(2)3)15-22(27)8-9-23-16-25(11-13-28(23)33)31(44)40(4)5/h10-13,15-16,20-21,26,35H,6-9,14,17,19H2,1-5H3,(H,36,37,38)/t21-,26+/m1/s1. The van der Waals surface area contributed by atoms with Gasteiger partial charge in [-0.15, -0.1) is 0 Å². The lowest BCUT2D eigenvalue weighted by molar-refractivity contribution is -0.130. The van der Waals surface area contributed by atoms with Crippen molar-refractivity contribution >= 4 is 17.7 Å². The van der Waals surface area contributed by atoms with E-state index in [0.717, 1.165) is 28.7 Å². The molecule has 0 saturated carbocycles. The molecule has 3 aromatic rings. The number of carbonyl (C=O) groups excluding carboxylic acids is 3. The highest BCUT2D eigenvalue weighted by Gasteiger charge is 2.45. The second-order valence-corrected chi connectivity index (χ2v) is 12.2. The molecule has 2 heterocycles. The molecule has 0 radical (unpaired) electrons. The Balaban J connectivity index is 1.60. The summed E-state index contributed by atoms with van der Waals surface area (Å²) in [5.41, 5.74) is 4.41. The van der Waals surface area contributed by atoms with Crippen LogP contribution >= 0.6 is 0 Å². The van der Waals surface area contributed by atoms with Crippen molar-refractivity contribution < 1.29 is 14.4 Å². The lowest BCUT2D eigenvalue weighted by Crippen LogP contribution is -2.45. The third-order valence-electron chi connectivity index (χ3n) is 8.86. The van der Waals surface area contributed by atoms with Crippen LogP contribution < -0.4 is 5.32 Å². The van der Waals surface area contributed by atoms with Crippen molar-refractivity contribution in [1.82, 2.24) is 35.2 Å². The number of hydrogen-bond donors (Lipinski definition) is 2. The predicted octanol–water partition coefficient (Wildman–Crippen LogP) is 2.52. The lowest BCUT2D eigenvalue weighted by atomic mass is 9.67. The van der Waals surface area contributed by atoms with Gasteiger partial charge in [0.1, 0.15) is 18.2 Å². The first-order valence-electron chi connectivity index (χ1n) is 15.0. The van der Waals surface area contributed by atoms with Gasteiger partial charge in [0.05, 0.1) is 18.0 Å². The summed E-state index contributed by atoms with van der Waals surface area (Å²) >= 11 is 0. The monoisotopic (exact) mass is 596 g/mol. The Morgan fingerprint density at radius 3 is 2.14 bits per heavy atom. The van der Waals surface area contributed by atoms with E-state index in [-0.39, 0.29) is 36.3 Å². The molecule has 2 aromatic carbocycles. The number of rotatable bonds is 8. The molecule has 44 heavy (non-hydrogen) atoms. The van der Waals surface area contributed by atoms with Crippen molar-refractivity contribution in [3.63, 3.8) is 0 Å². The fraction of sp³-hybridized carbons (Fsp3) is 0.455. The van der Waals surface area contributed by atoms with E-state index in [4.69, 9.17) is 4.98 Å². The maximum Gasteiger partial charge on any atom is 0.253 e. The molecule has 2 aliphatic rings. The van der Waals surface area contributed by atoms with Gasteiger partial charge in [0.15, 0.2) is 0 Å². The normalized spacial score (nSPS) is 17.5. The Bertz CT molecular complexity index is 1520. The number of likely N-dealkylation sites (tertiary alicyclic amines) is 1. The molecule has 3 amide bonds. The van der Waals surface area contributed by atoms with Crippen LogP contribution in [0.3, 0.4) is 0 Å². The van der Waals surface area contributed by atoms with E-state index in [2.05, 4.69) is 21.6 Å². The van der Waals surface area contributed by atoms with Gasteiger partial charge in [0.2, 0.25) is 5.91 Å². The molecule has 0 bridgehead atoms. The smallest absolute Gasteiger partial charge is 0.253 e. The maximum absolute atomic E-state index is 13.1. The number of aromatic nitrogens is 3. The van der Waals surface area contributed by atoms with Crippen LogP contribution in [-0.2, 0) is 23.1 Å². The summed E-state index contributed by atoms with van der Waals surface area (Å²) in [5.74, 6) is 0.397. The van der Waals surface area contributed by atoms with Gasteiger partial charge in [-0.05, 0) is 85.5 Å². The van der Waals surface area contributed by atoms with Crippen LogP contribution in [0, 0.1) is 11.3 Å². The van der Waals surface area contributed by atoms with E-state index in [9.17, 15) is 19.6 Å². The molecule has 5 rings (SSSR count). The highest BCUT2D eigenvalue weighted by molar-refractivity contribution is 5.95. The van der Waals surface area contributed by atoms with Crippen LogP contribution in [-0.4, -0.2) is 101 Å². The first-order valence-corrected chi connectivity index (χ1v) is 15.0. The summed E-state index contributed by atoms with van der Waals surface area (Å²) in [4.78, 5) is 48.5. The molecule has 230 valence electrons. The highest BCUT2D eigenvalue weighted by Crippen LogP contribution is 2.47. The summed E-state index contributed by atoms with van der Waals surface area (Å²) in [7, 11) is 6.95. The minimum atomic E-state index is -0.824. The van der Waals surface area contributed by atoms with Gasteiger partial charge in [-0.1, -0.05) is 12.1 Å². The largest absolute Gasteiger partial charge is 0.345 e. The molecule has 2 N–H and O–H groups in total. The summed E-state index contributed by atoms with van der Waals surface area (Å²) < 4.78 is 0. The third kappa shape index (κ3) is 5.69. The number of nitrogens with zero attached hydrogens (tertiary/aromatic N) is 6. The Labute approximate surface area is 258 Å². The second kappa shape index (κ2) is 12.6. The van der Waals surface area contributed by atoms with E-state index in [1.165, 1.54) is 6.33 Å². The van der Waals surface area contributed by atoms with Crippen molar-refractivity contribution in [1.29, 1.82) is 5.26 Å². The SMILES string of the molecule is C[C@H](CC1(c2ncn[nH]2)c2ccc(C(=O)N(C)C)cc2CCc2cc(C(=O)N(C)C)ccc21)NCC(=O)N1CCC[C@H]1C#N. The zero-order chi connectivity index (χ0) is 31.6. The molecule has 11 nitrogen and oxygen atoms in total. The van der Waals surface area contributed by atoms with Gasteiger partial charge in [-0.2, -0.15) is 10.4 Å². The third-order valence-corrected chi connectivity index (χ3v) is 8.86. The predicted molar refractivity (Wildman–Crippen MR) is 165 cm³/mol. The molecular weight excluding hydrogens is 556 g/mol. The number of aromatic amines is 1. The number of carbonyl (C=O) groups is 3. The molecule has 1 fully saturated rings. The van der Waals surface area contributed by atoms with Crippen LogP contribution in [0.2, 0.25) is 0 Å². The van der Waals surface area contributed by atoms with E-state index < -0.39 is 5.41 Å². The minimum Gasteiger partial charge on any atom is -0.345 e. The molecule has 11 heteroatoms. The maximum atomic E-state index is 13.1. The van der Waals surface area contributed by atoms with Gasteiger partial charge in [-0.25, -0.2) is 4.98 Å². The molecule has 2 atom stereocenters. The van der Waals surface area contributed by atoms with Crippen LogP contribution in [0.1, 0.15) is 75.0 Å². The van der Waals surface area contributed by atoms with Crippen molar-refractivity contribution in [2.75, 3.05) is 41.3 Å². The number of aryl methyl sites for hydroxylation is 2. The Kier molecular flexibility index (Phi) is 8.83. The zero-order valence-electron chi connectivity index (χ0n) is 26.1. The summed E-state index contributed by atoms with van der Waals surface area (Å²) in [6, 6.07) is 13.4. The van der Waals surface area contributed by atoms with Gasteiger partial charge in [-0.3, -0.25) is 19.5 Å². The quantitative estimate of drug-likeness (QED) is 0.408. The molecule has 0 unspecified atom stereocenters. The zero-order valence-corrected chi connectivity index (χ0v) is 26.1. The Morgan fingerprint density at radius 1 is 1.05 bits per heavy atom. The van der Waals surface area contributed by atoms with Crippen LogP contribution in [0.25, 0.3) is 0 Å². The second-order valence-electron chi connectivity index (χ2n) is 12.2. The number of hydrogen-bond acceptors (Lipinski definition) is 7. The van der Waals surface area contributed by atoms with Crippen LogP contribution in [0.4, 0.5) is 0 Å². The summed E-state index contributed by atoms with van der Waals surface area (Å²) in [5, 5.41) is 20.3. The fourth-order valence-electron chi connectivity index (χ4n) is 6.71. The molecule has 1 aromatic heterocycles.